The van der Waals surface area contributed by atoms with Crippen LogP contribution in [0.4, 0.5) is 15.8 Å². The molecule has 0 spiro atoms. The summed E-state index contributed by atoms with van der Waals surface area (Å²) in [5, 5.41) is 3.04. The number of nitrogens with one attached hydrogen (secondary N) is 1. The highest BCUT2D eigenvalue weighted by Gasteiger charge is 2.09. The van der Waals surface area contributed by atoms with Crippen molar-refractivity contribution in [2.45, 2.75) is 20.4 Å². The molecule has 19 heavy (non-hydrogen) atoms. The maximum atomic E-state index is 13.5. The molecule has 0 saturated carbocycles. The van der Waals surface area contributed by atoms with Crippen LogP contribution in [-0.4, -0.2) is 11.6 Å². The van der Waals surface area contributed by atoms with Gasteiger partial charge in [-0.25, -0.2) is 9.37 Å². The molecule has 3 N–H and O–H groups in total. The minimum atomic E-state index is -0.475. The maximum absolute atomic E-state index is 13.5. The van der Waals surface area contributed by atoms with E-state index in [9.17, 15) is 4.39 Å². The normalized spacial score (nSPS) is 10.5. The molecule has 0 aliphatic carbocycles. The topological polar surface area (TPSA) is 73.3 Å². The Kier molecular flexibility index (Phi) is 3.89. The molecule has 0 aliphatic heterocycles. The second-order valence-corrected chi connectivity index (χ2v) is 4.02. The first-order valence-corrected chi connectivity index (χ1v) is 5.97. The van der Waals surface area contributed by atoms with Gasteiger partial charge in [0, 0.05) is 12.1 Å². The van der Waals surface area contributed by atoms with Gasteiger partial charge in [0.2, 0.25) is 5.89 Å². The fraction of sp³-hybridized carbons (Fsp3) is 0.308. The van der Waals surface area contributed by atoms with Crippen molar-refractivity contribution in [3.05, 3.63) is 35.8 Å². The Balaban J connectivity index is 2.13. The fourth-order valence-corrected chi connectivity index (χ4v) is 1.64. The van der Waals surface area contributed by atoms with Crippen molar-refractivity contribution in [3.8, 4) is 5.75 Å². The largest absolute Gasteiger partial charge is 0.491 e. The highest BCUT2D eigenvalue weighted by molar-refractivity contribution is 5.68. The summed E-state index contributed by atoms with van der Waals surface area (Å²) in [7, 11) is 0. The minimum absolute atomic E-state index is 0.169. The van der Waals surface area contributed by atoms with Crippen LogP contribution in [0.1, 0.15) is 18.6 Å². The van der Waals surface area contributed by atoms with Gasteiger partial charge < -0.3 is 20.2 Å². The van der Waals surface area contributed by atoms with Gasteiger partial charge >= 0.3 is 0 Å². The third kappa shape index (κ3) is 3.15. The zero-order chi connectivity index (χ0) is 13.8. The summed E-state index contributed by atoms with van der Waals surface area (Å²) in [5.41, 5.74) is 6.64. The highest BCUT2D eigenvalue weighted by atomic mass is 19.1. The summed E-state index contributed by atoms with van der Waals surface area (Å²) in [4.78, 5) is 4.06. The number of hydrogen-bond acceptors (Lipinski definition) is 5. The predicted octanol–water partition coefficient (Wildman–Crippen LogP) is 2.72. The van der Waals surface area contributed by atoms with Gasteiger partial charge in [0.1, 0.15) is 5.76 Å². The van der Waals surface area contributed by atoms with Crippen LogP contribution in [0.15, 0.2) is 22.7 Å². The highest BCUT2D eigenvalue weighted by Crippen LogP contribution is 2.28. The predicted molar refractivity (Wildman–Crippen MR) is 70.5 cm³/mol. The number of rotatable bonds is 5. The van der Waals surface area contributed by atoms with Crippen LogP contribution in [0.5, 0.6) is 5.75 Å². The number of nitrogen functional groups attached to an aromatic ring is 1. The van der Waals surface area contributed by atoms with E-state index in [0.29, 0.717) is 30.4 Å². The molecule has 0 radical (unpaired) electrons. The van der Waals surface area contributed by atoms with Gasteiger partial charge in [0.25, 0.3) is 0 Å². The number of aryl methyl sites for hydroxylation is 1. The zero-order valence-electron chi connectivity index (χ0n) is 10.9. The van der Waals surface area contributed by atoms with E-state index in [1.54, 1.807) is 13.1 Å². The Morgan fingerprint density at radius 1 is 1.47 bits per heavy atom. The zero-order valence-corrected chi connectivity index (χ0v) is 10.9. The van der Waals surface area contributed by atoms with E-state index < -0.39 is 5.82 Å². The quantitative estimate of drug-likeness (QED) is 0.813. The average molecular weight is 265 g/mol. The third-order valence-electron chi connectivity index (χ3n) is 2.50. The van der Waals surface area contributed by atoms with Gasteiger partial charge in [-0.05, 0) is 13.8 Å². The number of ether oxygens (including phenoxy) is 1. The number of nitrogens with zero attached hydrogens (tertiary/aromatic N) is 1. The fourth-order valence-electron chi connectivity index (χ4n) is 1.64. The molecule has 0 unspecified atom stereocenters. The van der Waals surface area contributed by atoms with E-state index in [1.165, 1.54) is 12.1 Å². The van der Waals surface area contributed by atoms with Crippen molar-refractivity contribution >= 4 is 11.4 Å². The molecule has 102 valence electrons. The van der Waals surface area contributed by atoms with Crippen LogP contribution in [0.25, 0.3) is 0 Å². The molecule has 2 aromatic rings. The van der Waals surface area contributed by atoms with Gasteiger partial charge in [-0.3, -0.25) is 0 Å². The first kappa shape index (κ1) is 13.2. The van der Waals surface area contributed by atoms with Gasteiger partial charge in [-0.2, -0.15) is 0 Å². The lowest BCUT2D eigenvalue weighted by Gasteiger charge is -2.11. The molecule has 5 nitrogen and oxygen atoms in total. The van der Waals surface area contributed by atoms with E-state index in [-0.39, 0.29) is 5.75 Å². The van der Waals surface area contributed by atoms with Crippen molar-refractivity contribution in [3.63, 3.8) is 0 Å². The number of oxazole rings is 1. The molecule has 1 aromatic carbocycles. The van der Waals surface area contributed by atoms with Crippen LogP contribution in [0.2, 0.25) is 0 Å². The van der Waals surface area contributed by atoms with Crippen LogP contribution < -0.4 is 15.8 Å². The minimum Gasteiger partial charge on any atom is -0.491 e. The van der Waals surface area contributed by atoms with Crippen molar-refractivity contribution in [1.29, 1.82) is 0 Å². The summed E-state index contributed by atoms with van der Waals surface area (Å²) in [6.45, 7) is 4.36. The smallest absolute Gasteiger partial charge is 0.213 e. The van der Waals surface area contributed by atoms with Crippen LogP contribution in [-0.2, 0) is 6.54 Å². The summed E-state index contributed by atoms with van der Waals surface area (Å²) in [6.07, 6.45) is 1.64. The maximum Gasteiger partial charge on any atom is 0.213 e. The molecular weight excluding hydrogens is 249 g/mol. The summed E-state index contributed by atoms with van der Waals surface area (Å²) in [5.74, 6) is 0.970. The molecule has 0 aliphatic rings. The van der Waals surface area contributed by atoms with E-state index in [2.05, 4.69) is 10.3 Å². The first-order valence-electron chi connectivity index (χ1n) is 5.97. The Bertz CT molecular complexity index is 569. The Hall–Kier alpha value is -2.24. The molecule has 1 heterocycles. The Morgan fingerprint density at radius 3 is 2.89 bits per heavy atom. The van der Waals surface area contributed by atoms with E-state index in [1.807, 2.05) is 6.92 Å². The van der Waals surface area contributed by atoms with Crippen molar-refractivity contribution in [2.24, 2.45) is 0 Å². The molecule has 2 rings (SSSR count). The summed E-state index contributed by atoms with van der Waals surface area (Å²) in [6, 6.07) is 2.76. The second kappa shape index (κ2) is 5.60. The molecule has 0 fully saturated rings. The Morgan fingerprint density at radius 2 is 2.26 bits per heavy atom. The van der Waals surface area contributed by atoms with Gasteiger partial charge in [0.05, 0.1) is 30.7 Å². The number of anilines is 2. The van der Waals surface area contributed by atoms with Crippen LogP contribution in [0.3, 0.4) is 0 Å². The van der Waals surface area contributed by atoms with Gasteiger partial charge in [-0.1, -0.05) is 0 Å². The summed E-state index contributed by atoms with van der Waals surface area (Å²) < 4.78 is 24.0. The molecular formula is C13H16FN3O2. The van der Waals surface area contributed by atoms with Crippen molar-refractivity contribution in [2.75, 3.05) is 17.7 Å². The lowest BCUT2D eigenvalue weighted by atomic mass is 10.2. The number of hydrogen-bond donors (Lipinski definition) is 2. The van der Waals surface area contributed by atoms with Crippen molar-refractivity contribution in [1.82, 2.24) is 4.98 Å². The lowest BCUT2D eigenvalue weighted by Crippen LogP contribution is -2.05. The molecule has 1 aromatic heterocycles. The lowest BCUT2D eigenvalue weighted by molar-refractivity contribution is 0.322. The van der Waals surface area contributed by atoms with Gasteiger partial charge in [-0.15, -0.1) is 0 Å². The van der Waals surface area contributed by atoms with Gasteiger partial charge in [0.15, 0.2) is 11.6 Å². The Labute approximate surface area is 110 Å². The number of halogens is 1. The third-order valence-corrected chi connectivity index (χ3v) is 2.50. The van der Waals surface area contributed by atoms with Crippen LogP contribution >= 0.6 is 0 Å². The summed E-state index contributed by atoms with van der Waals surface area (Å²) >= 11 is 0. The molecule has 6 heteroatoms. The van der Waals surface area contributed by atoms with E-state index >= 15 is 0 Å². The number of benzene rings is 1. The molecule has 0 atom stereocenters. The SMILES string of the molecule is CCOc1cc(NCc2ncc(C)o2)c(N)cc1F. The first-order chi connectivity index (χ1) is 9.10. The second-order valence-electron chi connectivity index (χ2n) is 4.02. The monoisotopic (exact) mass is 265 g/mol. The standard InChI is InChI=1S/C13H16FN3O2/c1-3-18-12-5-11(10(15)4-9(12)14)16-7-13-17-6-8(2)19-13/h4-6,16H,3,7,15H2,1-2H3. The number of aromatic nitrogens is 1. The number of nitrogens with two attached hydrogens (primary N) is 1. The van der Waals surface area contributed by atoms with E-state index in [0.717, 1.165) is 5.76 Å². The van der Waals surface area contributed by atoms with E-state index in [4.69, 9.17) is 14.9 Å². The molecule has 0 bridgehead atoms. The molecule has 0 saturated heterocycles. The van der Waals surface area contributed by atoms with Crippen LogP contribution in [0, 0.1) is 12.7 Å². The van der Waals surface area contributed by atoms with Crippen molar-refractivity contribution < 1.29 is 13.5 Å². The molecule has 0 amide bonds. The average Bonchev–Trinajstić information content (AvgIpc) is 2.77.